The molecule has 2 aromatic heterocycles. The molecule has 1 atom stereocenters. The van der Waals surface area contributed by atoms with Crippen molar-refractivity contribution in [2.24, 2.45) is 4.99 Å². The van der Waals surface area contributed by atoms with E-state index in [2.05, 4.69) is 10.2 Å². The number of carbonyl (C=O) groups excluding carboxylic acids is 1. The van der Waals surface area contributed by atoms with Gasteiger partial charge in [-0.3, -0.25) is 19.1 Å². The van der Waals surface area contributed by atoms with Gasteiger partial charge >= 0.3 is 5.97 Å². The molecule has 0 saturated heterocycles. The lowest BCUT2D eigenvalue weighted by Crippen LogP contribution is -2.11. The molecule has 30 heavy (non-hydrogen) atoms. The predicted molar refractivity (Wildman–Crippen MR) is 115 cm³/mol. The highest BCUT2D eigenvalue weighted by molar-refractivity contribution is 7.17. The number of carboxylic acid groups (broad SMARTS) is 1. The molecule has 0 fully saturated rings. The highest BCUT2D eigenvalue weighted by Crippen LogP contribution is 2.40. The molecule has 1 aromatic carbocycles. The summed E-state index contributed by atoms with van der Waals surface area (Å²) >= 11 is 7.44. The second-order valence-corrected chi connectivity index (χ2v) is 8.49. The Hall–Kier alpha value is -2.84. The number of benzene rings is 1. The second kappa shape index (κ2) is 7.77. The van der Waals surface area contributed by atoms with Crippen LogP contribution in [0, 0.1) is 13.8 Å². The lowest BCUT2D eigenvalue weighted by atomic mass is 9.98. The van der Waals surface area contributed by atoms with E-state index in [0.717, 1.165) is 21.7 Å². The lowest BCUT2D eigenvalue weighted by Gasteiger charge is -2.11. The minimum atomic E-state index is -0.977. The fourth-order valence-electron chi connectivity index (χ4n) is 3.61. The van der Waals surface area contributed by atoms with Gasteiger partial charge in [-0.1, -0.05) is 30.7 Å². The number of hydrogen-bond donors (Lipinski definition) is 1. The lowest BCUT2D eigenvalue weighted by molar-refractivity contribution is -0.137. The predicted octanol–water partition coefficient (Wildman–Crippen LogP) is 4.56. The van der Waals surface area contributed by atoms with Gasteiger partial charge in [0.2, 0.25) is 0 Å². The van der Waals surface area contributed by atoms with Gasteiger partial charge in [-0.2, -0.15) is 0 Å². The van der Waals surface area contributed by atoms with Crippen LogP contribution >= 0.6 is 22.9 Å². The maximum Gasteiger partial charge on any atom is 0.306 e. The van der Waals surface area contributed by atoms with Crippen LogP contribution in [0.2, 0.25) is 5.02 Å². The topological polar surface area (TPSA) is 97.4 Å². The van der Waals surface area contributed by atoms with E-state index in [1.807, 2.05) is 37.5 Å². The Morgan fingerprint density at radius 2 is 1.90 bits per heavy atom. The molecule has 0 aliphatic carbocycles. The number of aliphatic imine (C=N–C) groups is 1. The number of aryl methyl sites for hydroxylation is 1. The molecule has 1 N–H and O–H groups in total. The number of fused-ring (bicyclic) bond motifs is 3. The van der Waals surface area contributed by atoms with Crippen molar-refractivity contribution in [1.82, 2.24) is 14.8 Å². The van der Waals surface area contributed by atoms with Crippen LogP contribution in [0.4, 0.5) is 0 Å². The van der Waals surface area contributed by atoms with E-state index in [-0.39, 0.29) is 12.2 Å². The first-order valence-electron chi connectivity index (χ1n) is 9.46. The quantitative estimate of drug-likeness (QED) is 0.584. The minimum absolute atomic E-state index is 0.0513. The van der Waals surface area contributed by atoms with Crippen molar-refractivity contribution >= 4 is 40.4 Å². The summed E-state index contributed by atoms with van der Waals surface area (Å²) in [7, 11) is 0. The Kier molecular flexibility index (Phi) is 5.29. The van der Waals surface area contributed by atoms with Crippen LogP contribution in [0.15, 0.2) is 29.3 Å². The Balaban J connectivity index is 2.05. The molecule has 0 spiro atoms. The number of aromatic nitrogens is 3. The van der Waals surface area contributed by atoms with Gasteiger partial charge in [0.15, 0.2) is 11.6 Å². The molecule has 1 aliphatic rings. The van der Waals surface area contributed by atoms with E-state index in [0.29, 0.717) is 33.7 Å². The van der Waals surface area contributed by atoms with Crippen molar-refractivity contribution in [2.75, 3.05) is 0 Å². The average molecular weight is 443 g/mol. The van der Waals surface area contributed by atoms with E-state index < -0.39 is 12.0 Å². The fraction of sp³-hybridized carbons (Fsp3) is 0.286. The van der Waals surface area contributed by atoms with Crippen LogP contribution in [0.1, 0.15) is 63.8 Å². The molecule has 0 bridgehead atoms. The third-order valence-electron chi connectivity index (χ3n) is 5.06. The Bertz CT molecular complexity index is 1190. The number of ketones is 1. The number of Topliss-reactive ketones (excluding diaryl/α,β-unsaturated/α-hetero) is 1. The van der Waals surface area contributed by atoms with Crippen molar-refractivity contribution in [3.63, 3.8) is 0 Å². The largest absolute Gasteiger partial charge is 0.481 e. The first-order chi connectivity index (χ1) is 14.3. The van der Waals surface area contributed by atoms with E-state index in [1.54, 1.807) is 12.1 Å². The summed E-state index contributed by atoms with van der Waals surface area (Å²) in [5.41, 5.74) is 3.05. The molecule has 154 valence electrons. The fourth-order valence-corrected chi connectivity index (χ4v) is 5.12. The number of halogens is 1. The zero-order valence-corrected chi connectivity index (χ0v) is 18.2. The minimum Gasteiger partial charge on any atom is -0.481 e. The van der Waals surface area contributed by atoms with Gasteiger partial charge in [0.1, 0.15) is 16.9 Å². The van der Waals surface area contributed by atoms with Gasteiger partial charge < -0.3 is 5.11 Å². The molecular formula is C21H19ClN4O3S. The maximum absolute atomic E-state index is 12.6. The zero-order chi connectivity index (χ0) is 21.6. The van der Waals surface area contributed by atoms with E-state index >= 15 is 0 Å². The molecule has 0 radical (unpaired) electrons. The molecule has 3 aromatic rings. The molecule has 4 rings (SSSR count). The molecule has 1 aliphatic heterocycles. The van der Waals surface area contributed by atoms with Gasteiger partial charge in [-0.05, 0) is 31.5 Å². The molecule has 0 amide bonds. The van der Waals surface area contributed by atoms with Crippen molar-refractivity contribution in [1.29, 1.82) is 0 Å². The van der Waals surface area contributed by atoms with E-state index in [4.69, 9.17) is 16.6 Å². The van der Waals surface area contributed by atoms with Crippen LogP contribution in [-0.2, 0) is 4.79 Å². The molecular weight excluding hydrogens is 424 g/mol. The average Bonchev–Trinajstić information content (AvgIpc) is 3.21. The van der Waals surface area contributed by atoms with Crippen LogP contribution in [0.5, 0.6) is 0 Å². The summed E-state index contributed by atoms with van der Waals surface area (Å²) in [5.74, 6) is 0.147. The van der Waals surface area contributed by atoms with Crippen LogP contribution in [-0.4, -0.2) is 37.3 Å². The monoisotopic (exact) mass is 442 g/mol. The summed E-state index contributed by atoms with van der Waals surface area (Å²) in [4.78, 5) is 29.7. The van der Waals surface area contributed by atoms with E-state index in [1.165, 1.54) is 11.3 Å². The van der Waals surface area contributed by atoms with Crippen LogP contribution in [0.25, 0.3) is 5.00 Å². The Morgan fingerprint density at radius 3 is 2.53 bits per heavy atom. The molecule has 9 heteroatoms. The molecule has 7 nitrogen and oxygen atoms in total. The number of aliphatic carboxylic acids is 1. The Morgan fingerprint density at radius 1 is 1.20 bits per heavy atom. The van der Waals surface area contributed by atoms with Gasteiger partial charge in [0, 0.05) is 22.6 Å². The van der Waals surface area contributed by atoms with Crippen LogP contribution in [0.3, 0.4) is 0 Å². The molecule has 0 unspecified atom stereocenters. The van der Waals surface area contributed by atoms with Crippen molar-refractivity contribution < 1.29 is 14.7 Å². The normalized spacial score (nSPS) is 15.2. The SMILES string of the molecule is CCC(=O)c1sc2c(c1C)C(c1ccc(Cl)cc1)=N[C@@H](CC(=O)O)c1nnc(C)n1-2. The first kappa shape index (κ1) is 20.4. The highest BCUT2D eigenvalue weighted by Gasteiger charge is 2.33. The van der Waals surface area contributed by atoms with E-state index in [9.17, 15) is 14.7 Å². The summed E-state index contributed by atoms with van der Waals surface area (Å²) in [6.45, 7) is 5.54. The third-order valence-corrected chi connectivity index (χ3v) is 6.63. The molecule has 3 heterocycles. The second-order valence-electron chi connectivity index (χ2n) is 7.05. The van der Waals surface area contributed by atoms with Crippen molar-refractivity contribution in [2.45, 2.75) is 39.7 Å². The summed E-state index contributed by atoms with van der Waals surface area (Å²) < 4.78 is 1.83. The summed E-state index contributed by atoms with van der Waals surface area (Å²) in [5, 5.41) is 19.2. The van der Waals surface area contributed by atoms with Crippen LogP contribution < -0.4 is 0 Å². The van der Waals surface area contributed by atoms with Gasteiger partial charge in [-0.15, -0.1) is 21.5 Å². The van der Waals surface area contributed by atoms with Gasteiger partial charge in [0.25, 0.3) is 0 Å². The van der Waals surface area contributed by atoms with Crippen molar-refractivity contribution in [3.8, 4) is 5.00 Å². The number of rotatable bonds is 5. The zero-order valence-electron chi connectivity index (χ0n) is 16.6. The standard InChI is InChI=1S/C21H19ClN4O3S/c1-4-15(27)19-10(2)17-18(12-5-7-13(22)8-6-12)23-14(9-16(28)29)20-25-24-11(3)26(20)21(17)30-19/h5-8,14H,4,9H2,1-3H3,(H,28,29)/t14-/m0/s1. The van der Waals surface area contributed by atoms with Gasteiger partial charge in [0.05, 0.1) is 17.0 Å². The molecule has 0 saturated carbocycles. The number of carbonyl (C=O) groups is 2. The number of hydrogen-bond acceptors (Lipinski definition) is 6. The maximum atomic E-state index is 12.6. The number of carboxylic acids is 1. The van der Waals surface area contributed by atoms with Crippen molar-refractivity contribution in [3.05, 3.63) is 62.5 Å². The number of thiophene rings is 1. The Labute approximate surface area is 182 Å². The highest BCUT2D eigenvalue weighted by atomic mass is 35.5. The summed E-state index contributed by atoms with van der Waals surface area (Å²) in [6.07, 6.45) is 0.174. The smallest absolute Gasteiger partial charge is 0.306 e. The first-order valence-corrected chi connectivity index (χ1v) is 10.7. The van der Waals surface area contributed by atoms with Gasteiger partial charge in [-0.25, -0.2) is 0 Å². The summed E-state index contributed by atoms with van der Waals surface area (Å²) in [6, 6.07) is 6.52. The third kappa shape index (κ3) is 3.36. The number of nitrogens with zero attached hydrogens (tertiary/aromatic N) is 4.